The van der Waals surface area contributed by atoms with Crippen molar-refractivity contribution in [1.29, 1.82) is 0 Å². The van der Waals surface area contributed by atoms with E-state index in [1.807, 2.05) is 0 Å². The number of H-pyrrole nitrogens is 1. The lowest BCUT2D eigenvalue weighted by Gasteiger charge is -2.53. The van der Waals surface area contributed by atoms with E-state index in [4.69, 9.17) is 4.98 Å². The molecule has 7 heteroatoms. The highest BCUT2D eigenvalue weighted by molar-refractivity contribution is 5.86. The molecule has 2 N–H and O–H groups in total. The van der Waals surface area contributed by atoms with Crippen LogP contribution in [0.3, 0.4) is 0 Å². The highest BCUT2D eigenvalue weighted by Crippen LogP contribution is 2.51. The van der Waals surface area contributed by atoms with Gasteiger partial charge in [-0.1, -0.05) is 104 Å². The van der Waals surface area contributed by atoms with Gasteiger partial charge < -0.3 is 10.3 Å². The smallest absolute Gasteiger partial charge is 0.137 e. The van der Waals surface area contributed by atoms with Crippen LogP contribution in [0.15, 0.2) is 78.9 Å². The molecule has 2 heterocycles. The second-order valence-corrected chi connectivity index (χ2v) is 10.9. The van der Waals surface area contributed by atoms with Gasteiger partial charge in [0.05, 0.1) is 11.2 Å². The van der Waals surface area contributed by atoms with Crippen LogP contribution in [0.5, 0.6) is 0 Å². The molecular weight excluding hydrogens is 559 g/mol. The molecule has 1 saturated heterocycles. The molecule has 216 valence electrons. The minimum absolute atomic E-state index is 0. The van der Waals surface area contributed by atoms with E-state index < -0.39 is 0 Å². The maximum Gasteiger partial charge on any atom is 0.137 e. The number of piperazine rings is 1. The molecule has 40 heavy (non-hydrogen) atoms. The second-order valence-electron chi connectivity index (χ2n) is 10.9. The van der Waals surface area contributed by atoms with Crippen LogP contribution in [-0.2, 0) is 5.54 Å². The Balaban J connectivity index is 0.00000187. The van der Waals surface area contributed by atoms with Crippen LogP contribution in [-0.4, -0.2) is 41.0 Å². The van der Waals surface area contributed by atoms with Crippen molar-refractivity contribution in [3.8, 4) is 11.4 Å². The lowest BCUT2D eigenvalue weighted by Crippen LogP contribution is -2.60. The first-order valence-electron chi connectivity index (χ1n) is 13.6. The van der Waals surface area contributed by atoms with Gasteiger partial charge in [-0.2, -0.15) is 0 Å². The van der Waals surface area contributed by atoms with E-state index in [0.717, 1.165) is 49.0 Å². The third kappa shape index (κ3) is 6.42. The van der Waals surface area contributed by atoms with Crippen molar-refractivity contribution in [2.45, 2.75) is 46.1 Å². The van der Waals surface area contributed by atoms with Gasteiger partial charge in [0.25, 0.3) is 0 Å². The number of halogens is 3. The Morgan fingerprint density at radius 3 is 1.70 bits per heavy atom. The average Bonchev–Trinajstić information content (AvgIpc) is 3.31. The van der Waals surface area contributed by atoms with E-state index in [-0.39, 0.29) is 48.7 Å². The van der Waals surface area contributed by atoms with E-state index in [1.54, 1.807) is 0 Å². The minimum Gasteiger partial charge on any atom is -0.342 e. The maximum atomic E-state index is 5.44. The molecule has 0 radical (unpaired) electrons. The molecule has 5 rings (SSSR count). The van der Waals surface area contributed by atoms with Gasteiger partial charge in [0.1, 0.15) is 5.82 Å². The molecule has 3 aromatic carbocycles. The first-order chi connectivity index (χ1) is 17.9. The minimum atomic E-state index is -0.333. The lowest BCUT2D eigenvalue weighted by atomic mass is 9.65. The molecule has 0 amide bonds. The predicted octanol–water partition coefficient (Wildman–Crippen LogP) is 7.86. The van der Waals surface area contributed by atoms with Crippen molar-refractivity contribution in [3.05, 3.63) is 113 Å². The van der Waals surface area contributed by atoms with Gasteiger partial charge in [-0.3, -0.25) is 4.90 Å². The fourth-order valence-electron chi connectivity index (χ4n) is 6.28. The average molecular weight is 602 g/mol. The van der Waals surface area contributed by atoms with Gasteiger partial charge in [-0.05, 0) is 37.8 Å². The number of imidazole rings is 1. The second kappa shape index (κ2) is 14.5. The summed E-state index contributed by atoms with van der Waals surface area (Å²) in [6, 6.07) is 28.9. The van der Waals surface area contributed by atoms with Gasteiger partial charge in [-0.25, -0.2) is 4.98 Å². The quantitative estimate of drug-likeness (QED) is 0.227. The Bertz CT molecular complexity index is 1270. The molecule has 4 aromatic rings. The van der Waals surface area contributed by atoms with Crippen LogP contribution in [0.25, 0.3) is 11.4 Å². The first-order valence-corrected chi connectivity index (χ1v) is 13.6. The Morgan fingerprint density at radius 2 is 1.23 bits per heavy atom. The zero-order chi connectivity index (χ0) is 26.0. The summed E-state index contributed by atoms with van der Waals surface area (Å²) < 4.78 is 0. The van der Waals surface area contributed by atoms with Crippen molar-refractivity contribution in [3.63, 3.8) is 0 Å². The summed E-state index contributed by atoms with van der Waals surface area (Å²) in [5.74, 6) is 1.38. The molecule has 1 fully saturated rings. The molecule has 1 atom stereocenters. The summed E-state index contributed by atoms with van der Waals surface area (Å²) in [6.45, 7) is 15.2. The van der Waals surface area contributed by atoms with E-state index in [1.165, 1.54) is 22.3 Å². The number of nitrogens with one attached hydrogen (secondary N) is 2. The third-order valence-electron chi connectivity index (χ3n) is 8.09. The van der Waals surface area contributed by atoms with Crippen LogP contribution < -0.4 is 5.32 Å². The Kier molecular flexibility index (Phi) is 12.3. The van der Waals surface area contributed by atoms with Crippen molar-refractivity contribution >= 4 is 37.2 Å². The zero-order valence-corrected chi connectivity index (χ0v) is 26.6. The van der Waals surface area contributed by atoms with Crippen molar-refractivity contribution < 1.29 is 0 Å². The first kappa shape index (κ1) is 33.9. The Labute approximate surface area is 258 Å². The van der Waals surface area contributed by atoms with Crippen molar-refractivity contribution in [1.82, 2.24) is 20.2 Å². The van der Waals surface area contributed by atoms with E-state index >= 15 is 0 Å². The number of aromatic nitrogens is 2. The molecule has 4 nitrogen and oxygen atoms in total. The maximum absolute atomic E-state index is 5.44. The summed E-state index contributed by atoms with van der Waals surface area (Å²) in [7, 11) is 0. The molecule has 0 spiro atoms. The lowest BCUT2D eigenvalue weighted by molar-refractivity contribution is 0.0108. The van der Waals surface area contributed by atoms with E-state index in [2.05, 4.69) is 129 Å². The number of hydrogen-bond acceptors (Lipinski definition) is 3. The van der Waals surface area contributed by atoms with Gasteiger partial charge in [0.2, 0.25) is 0 Å². The normalized spacial score (nSPS) is 15.1. The van der Waals surface area contributed by atoms with Crippen LogP contribution in [0, 0.1) is 26.7 Å². The SMILES string of the molecule is Cc1ccc(C(c2ccc(C)cc2)C(c2nc(-c3ccccc3)[nH]c2C)(C(C)C)N2CCNCC2)cc1.Cl.Cl.Cl. The molecule has 0 saturated carbocycles. The van der Waals surface area contributed by atoms with Gasteiger partial charge in [0, 0.05) is 43.4 Å². The Hall–Kier alpha value is -2.34. The molecule has 0 aliphatic carbocycles. The monoisotopic (exact) mass is 600 g/mol. The highest BCUT2D eigenvalue weighted by Gasteiger charge is 2.52. The van der Waals surface area contributed by atoms with Gasteiger partial charge in [-0.15, -0.1) is 37.2 Å². The molecule has 1 aliphatic heterocycles. The number of rotatable bonds is 7. The predicted molar refractivity (Wildman–Crippen MR) is 176 cm³/mol. The van der Waals surface area contributed by atoms with Crippen LogP contribution >= 0.6 is 37.2 Å². The molecule has 1 unspecified atom stereocenters. The van der Waals surface area contributed by atoms with Crippen LogP contribution in [0.2, 0.25) is 0 Å². The Morgan fingerprint density at radius 1 is 0.725 bits per heavy atom. The number of benzene rings is 3. The van der Waals surface area contributed by atoms with Crippen LogP contribution in [0.4, 0.5) is 0 Å². The number of hydrogen-bond donors (Lipinski definition) is 2. The van der Waals surface area contributed by atoms with Crippen LogP contribution in [0.1, 0.15) is 53.4 Å². The van der Waals surface area contributed by atoms with Crippen molar-refractivity contribution in [2.75, 3.05) is 26.2 Å². The summed E-state index contributed by atoms with van der Waals surface area (Å²) in [6.07, 6.45) is 0. The summed E-state index contributed by atoms with van der Waals surface area (Å²) in [5, 5.41) is 3.59. The fourth-order valence-corrected chi connectivity index (χ4v) is 6.28. The highest BCUT2D eigenvalue weighted by atomic mass is 35.5. The van der Waals surface area contributed by atoms with E-state index in [9.17, 15) is 0 Å². The zero-order valence-electron chi connectivity index (χ0n) is 24.1. The summed E-state index contributed by atoms with van der Waals surface area (Å²) in [5.41, 5.74) is 8.34. The standard InChI is InChI=1S/C33H40N4.3ClH/c1-23(2)33(37-21-19-34-20-22-37,31-26(5)35-32(36-31)29-9-7-6-8-10-29)30(27-15-11-24(3)12-16-27)28-17-13-25(4)14-18-28;;;/h6-18,23,30,34H,19-22H2,1-5H3,(H,35,36);3*1H. The molecular formula is C33H43Cl3N4. The fraction of sp³-hybridized carbons (Fsp3) is 0.364. The van der Waals surface area contributed by atoms with E-state index in [0.29, 0.717) is 5.92 Å². The third-order valence-corrected chi connectivity index (χ3v) is 8.09. The number of nitrogens with zero attached hydrogens (tertiary/aromatic N) is 2. The van der Waals surface area contributed by atoms with Gasteiger partial charge >= 0.3 is 0 Å². The van der Waals surface area contributed by atoms with Gasteiger partial charge in [0.15, 0.2) is 0 Å². The molecule has 1 aliphatic rings. The molecule has 1 aromatic heterocycles. The largest absolute Gasteiger partial charge is 0.342 e. The van der Waals surface area contributed by atoms with Crippen molar-refractivity contribution in [2.24, 2.45) is 5.92 Å². The number of aromatic amines is 1. The summed E-state index contributed by atoms with van der Waals surface area (Å²) >= 11 is 0. The molecule has 0 bridgehead atoms. The topological polar surface area (TPSA) is 44.0 Å². The number of aryl methyl sites for hydroxylation is 3. The summed E-state index contributed by atoms with van der Waals surface area (Å²) in [4.78, 5) is 11.8.